The van der Waals surface area contributed by atoms with Gasteiger partial charge in [-0.3, -0.25) is 4.79 Å². The van der Waals surface area contributed by atoms with Crippen molar-refractivity contribution < 1.29 is 4.79 Å². The second kappa shape index (κ2) is 8.70. The summed E-state index contributed by atoms with van der Waals surface area (Å²) in [5.41, 5.74) is 0.391. The number of hydrogen-bond acceptors (Lipinski definition) is 2. The van der Waals surface area contributed by atoms with Gasteiger partial charge in [-0.15, -0.1) is 6.58 Å². The van der Waals surface area contributed by atoms with Gasteiger partial charge in [0.05, 0.1) is 0 Å². The molecule has 1 aliphatic carbocycles. The van der Waals surface area contributed by atoms with E-state index in [1.165, 1.54) is 32.1 Å². The molecule has 0 aromatic rings. The summed E-state index contributed by atoms with van der Waals surface area (Å²) in [4.78, 5) is 17.6. The van der Waals surface area contributed by atoms with Crippen molar-refractivity contribution >= 4 is 11.9 Å². The van der Waals surface area contributed by atoms with Crippen molar-refractivity contribution in [3.63, 3.8) is 0 Å². The molecule has 0 unspecified atom stereocenters. The number of hydrogen-bond donors (Lipinski definition) is 2. The van der Waals surface area contributed by atoms with Crippen molar-refractivity contribution in [1.29, 1.82) is 0 Å². The minimum absolute atomic E-state index is 0.000717. The van der Waals surface area contributed by atoms with E-state index in [9.17, 15) is 4.79 Å². The normalized spacial score (nSPS) is 17.4. The third kappa shape index (κ3) is 5.78. The molecule has 1 fully saturated rings. The van der Waals surface area contributed by atoms with Crippen molar-refractivity contribution in [2.45, 2.75) is 39.0 Å². The minimum atomic E-state index is 0.000717. The summed E-state index contributed by atoms with van der Waals surface area (Å²) in [7, 11) is 3.49. The third-order valence-electron chi connectivity index (χ3n) is 4.33. The van der Waals surface area contributed by atoms with Gasteiger partial charge in [-0.1, -0.05) is 25.8 Å². The number of carbonyl (C=O) groups is 1. The molecular weight excluding hydrogens is 264 g/mol. The van der Waals surface area contributed by atoms with Gasteiger partial charge in [0.15, 0.2) is 5.96 Å². The van der Waals surface area contributed by atoms with Crippen LogP contribution < -0.4 is 10.6 Å². The highest BCUT2D eigenvalue weighted by atomic mass is 16.2. The number of nitrogens with one attached hydrogen (secondary N) is 2. The maximum absolute atomic E-state index is 11.6. The summed E-state index contributed by atoms with van der Waals surface area (Å²) in [6.45, 7) is 7.69. The summed E-state index contributed by atoms with van der Waals surface area (Å²) in [6, 6.07) is 0. The monoisotopic (exact) mass is 294 g/mol. The fourth-order valence-electron chi connectivity index (χ4n) is 2.68. The van der Waals surface area contributed by atoms with Crippen LogP contribution in [0.5, 0.6) is 0 Å². The Morgan fingerprint density at radius 1 is 1.33 bits per heavy atom. The van der Waals surface area contributed by atoms with E-state index in [1.54, 1.807) is 25.1 Å². The second-order valence-electron chi connectivity index (χ2n) is 6.04. The molecule has 0 bridgehead atoms. The van der Waals surface area contributed by atoms with Crippen LogP contribution in [0.1, 0.15) is 39.0 Å². The lowest BCUT2D eigenvalue weighted by atomic mass is 9.83. The third-order valence-corrected chi connectivity index (χ3v) is 4.33. The SMILES string of the molecule is C=CCNC(=NCC(=O)N(C)C)NCC1(CC)CCCC1. The lowest BCUT2D eigenvalue weighted by molar-refractivity contribution is -0.127. The van der Waals surface area contributed by atoms with Crippen LogP contribution in [-0.2, 0) is 4.79 Å². The van der Waals surface area contributed by atoms with Crippen molar-refractivity contribution in [2.24, 2.45) is 10.4 Å². The van der Waals surface area contributed by atoms with Crippen LogP contribution in [0, 0.1) is 5.41 Å². The van der Waals surface area contributed by atoms with E-state index in [4.69, 9.17) is 0 Å². The molecule has 21 heavy (non-hydrogen) atoms. The van der Waals surface area contributed by atoms with Gasteiger partial charge in [0.2, 0.25) is 5.91 Å². The topological polar surface area (TPSA) is 56.7 Å². The molecule has 5 nitrogen and oxygen atoms in total. The maximum atomic E-state index is 11.6. The summed E-state index contributed by atoms with van der Waals surface area (Å²) in [5.74, 6) is 0.700. The average molecular weight is 294 g/mol. The molecule has 1 amide bonds. The zero-order valence-corrected chi connectivity index (χ0v) is 13.7. The Morgan fingerprint density at radius 3 is 2.52 bits per heavy atom. The Kier molecular flexibility index (Phi) is 7.26. The van der Waals surface area contributed by atoms with Crippen molar-refractivity contribution in [3.8, 4) is 0 Å². The van der Waals surface area contributed by atoms with Gasteiger partial charge in [-0.05, 0) is 24.7 Å². The van der Waals surface area contributed by atoms with E-state index in [2.05, 4.69) is 29.1 Å². The smallest absolute Gasteiger partial charge is 0.243 e. The van der Waals surface area contributed by atoms with Gasteiger partial charge in [0, 0.05) is 27.2 Å². The van der Waals surface area contributed by atoms with Gasteiger partial charge in [0.1, 0.15) is 6.54 Å². The molecule has 0 aromatic heterocycles. The molecule has 0 aliphatic heterocycles. The van der Waals surface area contributed by atoms with Crippen LogP contribution in [-0.4, -0.2) is 50.5 Å². The Bertz CT molecular complexity index is 370. The number of amides is 1. The predicted molar refractivity (Wildman–Crippen MR) is 88.4 cm³/mol. The molecule has 120 valence electrons. The number of aliphatic imine (C=N–C) groups is 1. The van der Waals surface area contributed by atoms with E-state index in [0.29, 0.717) is 17.9 Å². The van der Waals surface area contributed by atoms with Crippen LogP contribution in [0.4, 0.5) is 0 Å². The van der Waals surface area contributed by atoms with E-state index < -0.39 is 0 Å². The van der Waals surface area contributed by atoms with E-state index in [-0.39, 0.29) is 12.5 Å². The molecule has 0 radical (unpaired) electrons. The minimum Gasteiger partial charge on any atom is -0.356 e. The van der Waals surface area contributed by atoms with E-state index >= 15 is 0 Å². The molecule has 2 N–H and O–H groups in total. The standard InChI is InChI=1S/C16H30N4O/c1-5-11-17-15(18-12-14(21)20(3)4)19-13-16(6-2)9-7-8-10-16/h5H,1,6-13H2,2-4H3,(H2,17,18,19). The van der Waals surface area contributed by atoms with Gasteiger partial charge >= 0.3 is 0 Å². The first kappa shape index (κ1) is 17.5. The first-order chi connectivity index (χ1) is 10.0. The maximum Gasteiger partial charge on any atom is 0.243 e. The number of carbonyl (C=O) groups excluding carboxylic acids is 1. The predicted octanol–water partition coefficient (Wildman–Crippen LogP) is 1.77. The fourth-order valence-corrected chi connectivity index (χ4v) is 2.68. The molecule has 1 saturated carbocycles. The summed E-state index contributed by atoms with van der Waals surface area (Å²) < 4.78 is 0. The highest BCUT2D eigenvalue weighted by Gasteiger charge is 2.31. The molecule has 0 heterocycles. The molecule has 1 rings (SSSR count). The molecular formula is C16H30N4O. The van der Waals surface area contributed by atoms with Crippen molar-refractivity contribution in [1.82, 2.24) is 15.5 Å². The second-order valence-corrected chi connectivity index (χ2v) is 6.04. The molecule has 0 aromatic carbocycles. The van der Waals surface area contributed by atoms with Gasteiger partial charge in [-0.25, -0.2) is 4.99 Å². The fraction of sp³-hybridized carbons (Fsp3) is 0.750. The zero-order valence-electron chi connectivity index (χ0n) is 13.7. The Hall–Kier alpha value is -1.52. The molecule has 0 saturated heterocycles. The first-order valence-electron chi connectivity index (χ1n) is 7.86. The number of guanidine groups is 1. The van der Waals surface area contributed by atoms with Gasteiger partial charge < -0.3 is 15.5 Å². The van der Waals surface area contributed by atoms with Crippen LogP contribution in [0.2, 0.25) is 0 Å². The summed E-state index contributed by atoms with van der Waals surface area (Å²) >= 11 is 0. The number of nitrogens with zero attached hydrogens (tertiary/aromatic N) is 2. The lowest BCUT2D eigenvalue weighted by Gasteiger charge is -2.28. The number of likely N-dealkylation sites (N-methyl/N-ethyl adjacent to an activating group) is 1. The van der Waals surface area contributed by atoms with Gasteiger partial charge in [0.25, 0.3) is 0 Å². The van der Waals surface area contributed by atoms with E-state index in [0.717, 1.165) is 6.54 Å². The Balaban J connectivity index is 2.58. The first-order valence-corrected chi connectivity index (χ1v) is 7.86. The highest BCUT2D eigenvalue weighted by molar-refractivity contribution is 5.84. The molecule has 5 heteroatoms. The van der Waals surface area contributed by atoms with Crippen LogP contribution in [0.15, 0.2) is 17.6 Å². The van der Waals surface area contributed by atoms with Crippen LogP contribution in [0.3, 0.4) is 0 Å². The highest BCUT2D eigenvalue weighted by Crippen LogP contribution is 2.40. The molecule has 1 aliphatic rings. The summed E-state index contributed by atoms with van der Waals surface area (Å²) in [5, 5.41) is 6.58. The average Bonchev–Trinajstić information content (AvgIpc) is 2.95. The molecule has 0 atom stereocenters. The lowest BCUT2D eigenvalue weighted by Crippen LogP contribution is -2.43. The quantitative estimate of drug-likeness (QED) is 0.427. The zero-order chi connectivity index (χ0) is 15.7. The van der Waals surface area contributed by atoms with E-state index in [1.807, 2.05) is 0 Å². The largest absolute Gasteiger partial charge is 0.356 e. The van der Waals surface area contributed by atoms with Crippen LogP contribution in [0.25, 0.3) is 0 Å². The van der Waals surface area contributed by atoms with Crippen molar-refractivity contribution in [2.75, 3.05) is 33.7 Å². The van der Waals surface area contributed by atoms with Crippen LogP contribution >= 0.6 is 0 Å². The number of rotatable bonds is 7. The molecule has 0 spiro atoms. The van der Waals surface area contributed by atoms with Crippen molar-refractivity contribution in [3.05, 3.63) is 12.7 Å². The Morgan fingerprint density at radius 2 is 2.00 bits per heavy atom. The Labute approximate surface area is 128 Å². The van der Waals surface area contributed by atoms with Gasteiger partial charge in [-0.2, -0.15) is 0 Å². The summed E-state index contributed by atoms with van der Waals surface area (Å²) in [6.07, 6.45) is 8.17.